The summed E-state index contributed by atoms with van der Waals surface area (Å²) in [4.78, 5) is 36.2. The third kappa shape index (κ3) is 5.43. The third-order valence-corrected chi connectivity index (χ3v) is 2.94. The van der Waals surface area contributed by atoms with Crippen LogP contribution >= 0.6 is 0 Å². The van der Waals surface area contributed by atoms with Crippen molar-refractivity contribution in [1.82, 2.24) is 14.9 Å². The molecule has 3 N–H and O–H groups in total. The van der Waals surface area contributed by atoms with Crippen LogP contribution in [0.15, 0.2) is 21.9 Å². The number of rotatable bonds is 9. The smallest absolute Gasteiger partial charge is 0.330 e. The van der Waals surface area contributed by atoms with E-state index in [1.807, 2.05) is 6.92 Å². The highest BCUT2D eigenvalue weighted by Crippen LogP contribution is 2.11. The minimum atomic E-state index is -0.869. The molecule has 2 atom stereocenters. The summed E-state index contributed by atoms with van der Waals surface area (Å²) >= 11 is 0. The van der Waals surface area contributed by atoms with Gasteiger partial charge in [0, 0.05) is 19.3 Å². The average molecular weight is 315 g/mol. The molecule has 1 rings (SSSR count). The van der Waals surface area contributed by atoms with E-state index in [0.29, 0.717) is 6.42 Å². The van der Waals surface area contributed by atoms with E-state index in [9.17, 15) is 19.5 Å². The molecule has 0 aliphatic rings. The van der Waals surface area contributed by atoms with Gasteiger partial charge in [-0.25, -0.2) is 4.79 Å². The van der Waals surface area contributed by atoms with Gasteiger partial charge >= 0.3 is 5.69 Å². The molecular formula is C13H21N3O6. The first kappa shape index (κ1) is 18.1. The molecule has 0 unspecified atom stereocenters. The molecule has 1 aromatic rings. The molecule has 124 valence electrons. The maximum atomic E-state index is 11.8. The lowest BCUT2D eigenvalue weighted by Gasteiger charge is -2.24. The fourth-order valence-corrected chi connectivity index (χ4v) is 1.65. The largest absolute Gasteiger partial charge is 0.394 e. The number of amides is 1. The van der Waals surface area contributed by atoms with E-state index in [2.05, 4.69) is 10.3 Å². The van der Waals surface area contributed by atoms with E-state index >= 15 is 0 Å². The second-order valence-corrected chi connectivity index (χ2v) is 4.51. The fraction of sp³-hybridized carbons (Fsp3) is 0.615. The van der Waals surface area contributed by atoms with Gasteiger partial charge in [0.05, 0.1) is 19.3 Å². The highest BCUT2D eigenvalue weighted by Gasteiger charge is 2.19. The number of nitrogens with one attached hydrogen (secondary N) is 2. The Kier molecular flexibility index (Phi) is 7.50. The van der Waals surface area contributed by atoms with Gasteiger partial charge in [-0.3, -0.25) is 19.1 Å². The lowest BCUT2D eigenvalue weighted by molar-refractivity contribution is -0.134. The molecule has 9 heteroatoms. The summed E-state index contributed by atoms with van der Waals surface area (Å²) in [6.07, 6.45) is 0.443. The highest BCUT2D eigenvalue weighted by molar-refractivity contribution is 5.76. The quantitative estimate of drug-likeness (QED) is 0.514. The molecule has 9 nitrogen and oxygen atoms in total. The number of carbonyl (C=O) groups excluding carboxylic acids is 1. The number of nitrogens with zero attached hydrogens (tertiary/aromatic N) is 1. The van der Waals surface area contributed by atoms with Crippen LogP contribution in [0.5, 0.6) is 0 Å². The number of ether oxygens (including phenoxy) is 2. The molecule has 0 aliphatic carbocycles. The molecule has 0 fully saturated rings. The maximum absolute atomic E-state index is 11.8. The Balaban J connectivity index is 2.87. The Hall–Kier alpha value is -1.97. The number of aromatic nitrogens is 2. The first-order chi connectivity index (χ1) is 10.5. The first-order valence-electron chi connectivity index (χ1n) is 6.87. The molecular weight excluding hydrogens is 294 g/mol. The number of likely N-dealkylation sites (N-methyl/N-ethyl adjacent to an activating group) is 1. The summed E-state index contributed by atoms with van der Waals surface area (Å²) in [5.41, 5.74) is -1.19. The van der Waals surface area contributed by atoms with Gasteiger partial charge in [0.2, 0.25) is 5.91 Å². The van der Waals surface area contributed by atoms with Gasteiger partial charge in [0.25, 0.3) is 5.56 Å². The highest BCUT2D eigenvalue weighted by atomic mass is 16.6. The second kappa shape index (κ2) is 9.13. The van der Waals surface area contributed by atoms with Crippen LogP contribution in [0.2, 0.25) is 0 Å². The molecule has 0 radical (unpaired) electrons. The van der Waals surface area contributed by atoms with Gasteiger partial charge in [-0.1, -0.05) is 6.92 Å². The van der Waals surface area contributed by atoms with E-state index in [4.69, 9.17) is 9.47 Å². The van der Waals surface area contributed by atoms with E-state index in [1.54, 1.807) is 0 Å². The Morgan fingerprint density at radius 3 is 2.77 bits per heavy atom. The normalized spacial score (nSPS) is 13.6. The summed E-state index contributed by atoms with van der Waals surface area (Å²) < 4.78 is 12.0. The zero-order chi connectivity index (χ0) is 16.5. The number of aliphatic hydroxyl groups is 1. The molecule has 0 spiro atoms. The van der Waals surface area contributed by atoms with Crippen LogP contribution in [-0.2, 0) is 14.3 Å². The van der Waals surface area contributed by atoms with Crippen molar-refractivity contribution in [3.05, 3.63) is 33.1 Å². The van der Waals surface area contributed by atoms with Crippen molar-refractivity contribution in [3.63, 3.8) is 0 Å². The Morgan fingerprint density at radius 1 is 1.50 bits per heavy atom. The van der Waals surface area contributed by atoms with Crippen LogP contribution < -0.4 is 16.6 Å². The number of aliphatic hydroxyl groups excluding tert-OH is 1. The summed E-state index contributed by atoms with van der Waals surface area (Å²) in [5.74, 6) is -0.318. The maximum Gasteiger partial charge on any atom is 0.330 e. The summed E-state index contributed by atoms with van der Waals surface area (Å²) in [6, 6.07) is 1.18. The number of aromatic amines is 1. The van der Waals surface area contributed by atoms with Gasteiger partial charge in [0.15, 0.2) is 6.23 Å². The van der Waals surface area contributed by atoms with Crippen LogP contribution in [-0.4, -0.2) is 53.5 Å². The molecule has 0 aliphatic heterocycles. The second-order valence-electron chi connectivity index (χ2n) is 4.51. The molecule has 22 heavy (non-hydrogen) atoms. The Bertz CT molecular complexity index is 578. The topological polar surface area (TPSA) is 123 Å². The van der Waals surface area contributed by atoms with Gasteiger partial charge in [0.1, 0.15) is 6.61 Å². The zero-order valence-corrected chi connectivity index (χ0v) is 12.6. The molecule has 1 aromatic heterocycles. The van der Waals surface area contributed by atoms with Crippen molar-refractivity contribution in [2.75, 3.05) is 26.9 Å². The van der Waals surface area contributed by atoms with Crippen molar-refractivity contribution in [3.8, 4) is 0 Å². The van der Waals surface area contributed by atoms with Gasteiger partial charge < -0.3 is 19.9 Å². The van der Waals surface area contributed by atoms with Crippen LogP contribution in [0.3, 0.4) is 0 Å². The van der Waals surface area contributed by atoms with Crippen molar-refractivity contribution in [2.24, 2.45) is 0 Å². The molecule has 1 amide bonds. The van der Waals surface area contributed by atoms with Crippen LogP contribution in [0.4, 0.5) is 0 Å². The standard InChI is InChI=1S/C13H21N3O6/c1-3-9(6-17)22-12(8-21-7-11(19)14-2)16-5-4-10(18)15-13(16)20/h4-5,9,12,17H,3,6-8H2,1-2H3,(H,14,19)(H,15,18,20)/t9-,12+/m0/s1. The summed E-state index contributed by atoms with van der Waals surface area (Å²) in [6.45, 7) is 1.32. The molecule has 0 bridgehead atoms. The average Bonchev–Trinajstić information content (AvgIpc) is 2.51. The molecule has 0 saturated carbocycles. The van der Waals surface area contributed by atoms with Gasteiger partial charge in [-0.15, -0.1) is 0 Å². The van der Waals surface area contributed by atoms with Gasteiger partial charge in [-0.2, -0.15) is 0 Å². The number of carbonyl (C=O) groups is 1. The van der Waals surface area contributed by atoms with E-state index in [-0.39, 0.29) is 25.7 Å². The Labute approximate surface area is 126 Å². The summed E-state index contributed by atoms with van der Waals surface area (Å²) in [7, 11) is 1.48. The predicted octanol–water partition coefficient (Wildman–Crippen LogP) is -1.41. The summed E-state index contributed by atoms with van der Waals surface area (Å²) in [5, 5.41) is 11.6. The monoisotopic (exact) mass is 315 g/mol. The van der Waals surface area contributed by atoms with Crippen LogP contribution in [0.25, 0.3) is 0 Å². The van der Waals surface area contributed by atoms with Gasteiger partial charge in [-0.05, 0) is 6.42 Å². The third-order valence-electron chi connectivity index (χ3n) is 2.94. The first-order valence-corrected chi connectivity index (χ1v) is 6.87. The molecule has 1 heterocycles. The number of hydrogen-bond acceptors (Lipinski definition) is 6. The minimum absolute atomic E-state index is 0.0874. The van der Waals surface area contributed by atoms with Crippen LogP contribution in [0.1, 0.15) is 19.6 Å². The SMILES string of the molecule is CC[C@@H](CO)O[C@H](COCC(=O)NC)n1ccc(=O)[nH]c1=O. The number of H-pyrrole nitrogens is 1. The Morgan fingerprint density at radius 2 is 2.23 bits per heavy atom. The predicted molar refractivity (Wildman–Crippen MR) is 77.5 cm³/mol. The number of hydrogen-bond donors (Lipinski definition) is 3. The lowest BCUT2D eigenvalue weighted by Crippen LogP contribution is -2.37. The molecule has 0 aromatic carbocycles. The van der Waals surface area contributed by atoms with Crippen molar-refractivity contribution in [1.29, 1.82) is 0 Å². The van der Waals surface area contributed by atoms with Crippen molar-refractivity contribution < 1.29 is 19.4 Å². The minimum Gasteiger partial charge on any atom is -0.394 e. The van der Waals surface area contributed by atoms with Crippen LogP contribution in [0, 0.1) is 0 Å². The van der Waals surface area contributed by atoms with Crippen molar-refractivity contribution >= 4 is 5.91 Å². The van der Waals surface area contributed by atoms with E-state index in [1.165, 1.54) is 19.3 Å². The lowest BCUT2D eigenvalue weighted by atomic mass is 10.3. The van der Waals surface area contributed by atoms with E-state index < -0.39 is 23.6 Å². The fourth-order valence-electron chi connectivity index (χ4n) is 1.65. The van der Waals surface area contributed by atoms with E-state index in [0.717, 1.165) is 4.57 Å². The van der Waals surface area contributed by atoms with Crippen molar-refractivity contribution in [2.45, 2.75) is 25.7 Å². The zero-order valence-electron chi connectivity index (χ0n) is 12.6. The molecule has 0 saturated heterocycles.